The summed E-state index contributed by atoms with van der Waals surface area (Å²) < 4.78 is 3.86. The van der Waals surface area contributed by atoms with Crippen LogP contribution in [-0.2, 0) is 0 Å². The predicted octanol–water partition coefficient (Wildman–Crippen LogP) is 2.70. The molecule has 2 aromatic heterocycles. The Morgan fingerprint density at radius 3 is 3.00 bits per heavy atom. The molecule has 0 aromatic carbocycles. The molecule has 0 aliphatic carbocycles. The highest BCUT2D eigenvalue weighted by molar-refractivity contribution is 14.1. The summed E-state index contributed by atoms with van der Waals surface area (Å²) in [6.07, 6.45) is 0. The fourth-order valence-corrected chi connectivity index (χ4v) is 1.92. The van der Waals surface area contributed by atoms with Crippen molar-refractivity contribution in [1.29, 1.82) is 0 Å². The van der Waals surface area contributed by atoms with E-state index < -0.39 is 0 Å². The number of pyridine rings is 1. The first-order chi connectivity index (χ1) is 5.27. The maximum Gasteiger partial charge on any atom is 0.124 e. The van der Waals surface area contributed by atoms with Crippen molar-refractivity contribution >= 4 is 44.0 Å². The van der Waals surface area contributed by atoms with Crippen LogP contribution in [0.4, 0.5) is 0 Å². The Balaban J connectivity index is 2.90. The van der Waals surface area contributed by atoms with Gasteiger partial charge in [0.25, 0.3) is 0 Å². The molecule has 0 amide bonds. The fraction of sp³-hybridized carbons (Fsp3) is 0. The van der Waals surface area contributed by atoms with Gasteiger partial charge < -0.3 is 0 Å². The van der Waals surface area contributed by atoms with Gasteiger partial charge in [-0.2, -0.15) is 5.10 Å². The summed E-state index contributed by atoms with van der Waals surface area (Å²) in [4.78, 5) is 0. The molecular formula is C7H4BrIN2. The van der Waals surface area contributed by atoms with E-state index in [1.54, 1.807) is 0 Å². The fourth-order valence-electron chi connectivity index (χ4n) is 0.952. The lowest BCUT2D eigenvalue weighted by molar-refractivity contribution is 0.921. The zero-order valence-electron chi connectivity index (χ0n) is 5.46. The van der Waals surface area contributed by atoms with Crippen molar-refractivity contribution < 1.29 is 0 Å². The monoisotopic (exact) mass is 322 g/mol. The molecule has 0 unspecified atom stereocenters. The van der Waals surface area contributed by atoms with E-state index in [1.165, 1.54) is 0 Å². The number of nitrogens with zero attached hydrogens (tertiary/aromatic N) is 2. The van der Waals surface area contributed by atoms with Crippen LogP contribution < -0.4 is 0 Å². The summed E-state index contributed by atoms with van der Waals surface area (Å²) in [5.74, 6) is 0. The molecule has 0 N–H and O–H groups in total. The molecule has 0 fully saturated rings. The van der Waals surface area contributed by atoms with Crippen LogP contribution in [0.25, 0.3) is 5.52 Å². The number of fused-ring (bicyclic) bond motifs is 1. The van der Waals surface area contributed by atoms with Crippen LogP contribution in [0.2, 0.25) is 0 Å². The van der Waals surface area contributed by atoms with Gasteiger partial charge >= 0.3 is 0 Å². The molecule has 0 atom stereocenters. The SMILES string of the molecule is Brc1cccc2cc(I)nn12. The van der Waals surface area contributed by atoms with Crippen molar-refractivity contribution in [2.75, 3.05) is 0 Å². The van der Waals surface area contributed by atoms with Gasteiger partial charge in [0.05, 0.1) is 5.52 Å². The zero-order valence-corrected chi connectivity index (χ0v) is 9.20. The first-order valence-corrected chi connectivity index (χ1v) is 4.94. The summed E-state index contributed by atoms with van der Waals surface area (Å²) in [5.41, 5.74) is 1.11. The van der Waals surface area contributed by atoms with Crippen molar-refractivity contribution in [3.63, 3.8) is 0 Å². The van der Waals surface area contributed by atoms with Gasteiger partial charge in [0.15, 0.2) is 0 Å². The average molecular weight is 323 g/mol. The van der Waals surface area contributed by atoms with Crippen LogP contribution >= 0.6 is 38.5 Å². The van der Waals surface area contributed by atoms with Crippen molar-refractivity contribution in [3.8, 4) is 0 Å². The number of hydrogen-bond acceptors (Lipinski definition) is 1. The van der Waals surface area contributed by atoms with Gasteiger partial charge in [-0.3, -0.25) is 0 Å². The molecule has 0 bridgehead atoms. The average Bonchev–Trinajstić information content (AvgIpc) is 2.31. The number of halogens is 2. The quantitative estimate of drug-likeness (QED) is 0.538. The minimum atomic E-state index is 0.984. The topological polar surface area (TPSA) is 17.3 Å². The molecule has 0 saturated heterocycles. The second-order valence-electron chi connectivity index (χ2n) is 2.15. The third kappa shape index (κ3) is 1.29. The second-order valence-corrected chi connectivity index (χ2v) is 4.07. The first-order valence-electron chi connectivity index (χ1n) is 3.07. The normalized spacial score (nSPS) is 10.7. The smallest absolute Gasteiger partial charge is 0.124 e. The summed E-state index contributed by atoms with van der Waals surface area (Å²) in [6.45, 7) is 0. The van der Waals surface area contributed by atoms with Crippen molar-refractivity contribution in [3.05, 3.63) is 32.6 Å². The molecule has 2 aromatic rings. The van der Waals surface area contributed by atoms with E-state index >= 15 is 0 Å². The third-order valence-corrected chi connectivity index (χ3v) is 2.54. The van der Waals surface area contributed by atoms with Crippen LogP contribution in [0.1, 0.15) is 0 Å². The molecule has 11 heavy (non-hydrogen) atoms. The molecule has 2 rings (SSSR count). The van der Waals surface area contributed by atoms with E-state index in [-0.39, 0.29) is 0 Å². The van der Waals surface area contributed by atoms with E-state index in [0.717, 1.165) is 13.8 Å². The zero-order chi connectivity index (χ0) is 7.84. The Morgan fingerprint density at radius 1 is 1.45 bits per heavy atom. The van der Waals surface area contributed by atoms with Gasteiger partial charge in [-0.15, -0.1) is 0 Å². The summed E-state index contributed by atoms with van der Waals surface area (Å²) in [6, 6.07) is 8.03. The van der Waals surface area contributed by atoms with Gasteiger partial charge in [-0.25, -0.2) is 4.52 Å². The molecule has 0 aliphatic heterocycles. The van der Waals surface area contributed by atoms with Crippen molar-refractivity contribution in [1.82, 2.24) is 9.61 Å². The number of aromatic nitrogens is 2. The van der Waals surface area contributed by atoms with E-state index in [2.05, 4.69) is 43.6 Å². The number of hydrogen-bond donors (Lipinski definition) is 0. The van der Waals surface area contributed by atoms with Gasteiger partial charge in [0.1, 0.15) is 8.30 Å². The van der Waals surface area contributed by atoms with Crippen LogP contribution in [0.5, 0.6) is 0 Å². The highest BCUT2D eigenvalue weighted by Crippen LogP contribution is 2.14. The minimum absolute atomic E-state index is 0.984. The highest BCUT2D eigenvalue weighted by atomic mass is 127. The number of rotatable bonds is 0. The molecule has 2 heterocycles. The van der Waals surface area contributed by atoms with E-state index in [0.29, 0.717) is 0 Å². The van der Waals surface area contributed by atoms with Crippen LogP contribution in [0.3, 0.4) is 0 Å². The van der Waals surface area contributed by atoms with Gasteiger partial charge in [0, 0.05) is 0 Å². The molecule has 56 valence electrons. The maximum absolute atomic E-state index is 4.27. The lowest BCUT2D eigenvalue weighted by atomic mass is 10.4. The molecule has 0 spiro atoms. The summed E-state index contributed by atoms with van der Waals surface area (Å²) >= 11 is 5.60. The Kier molecular flexibility index (Phi) is 1.88. The van der Waals surface area contributed by atoms with Crippen LogP contribution in [0.15, 0.2) is 28.9 Å². The first kappa shape index (κ1) is 7.54. The Labute approximate surface area is 85.9 Å². The van der Waals surface area contributed by atoms with E-state index in [1.807, 2.05) is 28.8 Å². The highest BCUT2D eigenvalue weighted by Gasteiger charge is 1.99. The van der Waals surface area contributed by atoms with Crippen LogP contribution in [0, 0.1) is 3.70 Å². The molecule has 0 radical (unpaired) electrons. The molecule has 2 nitrogen and oxygen atoms in total. The van der Waals surface area contributed by atoms with E-state index in [9.17, 15) is 0 Å². The molecule has 0 saturated carbocycles. The maximum atomic E-state index is 4.27. The van der Waals surface area contributed by atoms with Gasteiger partial charge in [-0.05, 0) is 56.7 Å². The standard InChI is InChI=1S/C7H4BrIN2/c8-6-3-1-2-5-4-7(9)10-11(5)6/h1-4H. The molecule has 0 aliphatic rings. The van der Waals surface area contributed by atoms with Gasteiger partial charge in [-0.1, -0.05) is 6.07 Å². The minimum Gasteiger partial charge on any atom is -0.226 e. The van der Waals surface area contributed by atoms with E-state index in [4.69, 9.17) is 0 Å². The lowest BCUT2D eigenvalue weighted by Crippen LogP contribution is -1.87. The molecule has 4 heteroatoms. The summed E-state index contributed by atoms with van der Waals surface area (Å²) in [7, 11) is 0. The largest absolute Gasteiger partial charge is 0.226 e. The molecular weight excluding hydrogens is 319 g/mol. The van der Waals surface area contributed by atoms with Crippen molar-refractivity contribution in [2.24, 2.45) is 0 Å². The van der Waals surface area contributed by atoms with Crippen molar-refractivity contribution in [2.45, 2.75) is 0 Å². The summed E-state index contributed by atoms with van der Waals surface area (Å²) in [5, 5.41) is 4.27. The Bertz CT molecular complexity index is 396. The third-order valence-electron chi connectivity index (χ3n) is 1.41. The van der Waals surface area contributed by atoms with Gasteiger partial charge in [0.2, 0.25) is 0 Å². The second kappa shape index (κ2) is 2.75. The lowest BCUT2D eigenvalue weighted by Gasteiger charge is -1.93. The van der Waals surface area contributed by atoms with Crippen LogP contribution in [-0.4, -0.2) is 9.61 Å². The predicted molar refractivity (Wildman–Crippen MR) is 55.6 cm³/mol. The Morgan fingerprint density at radius 2 is 2.27 bits per heavy atom. The Hall–Kier alpha value is -0.100.